The summed E-state index contributed by atoms with van der Waals surface area (Å²) in [6.45, 7) is 4.26. The number of hydrogen-bond donors (Lipinski definition) is 1. The third-order valence-electron chi connectivity index (χ3n) is 3.98. The van der Waals surface area contributed by atoms with Gasteiger partial charge in [0.05, 0.1) is 5.69 Å². The van der Waals surface area contributed by atoms with Crippen molar-refractivity contribution in [1.29, 1.82) is 0 Å². The molecular formula is C17H19FN4O2. The molecule has 1 aromatic carbocycles. The van der Waals surface area contributed by atoms with Gasteiger partial charge in [-0.2, -0.15) is 0 Å². The van der Waals surface area contributed by atoms with Gasteiger partial charge in [-0.3, -0.25) is 14.5 Å². The molecule has 2 heterocycles. The molecule has 0 saturated carbocycles. The van der Waals surface area contributed by atoms with Crippen molar-refractivity contribution in [3.05, 3.63) is 36.3 Å². The SMILES string of the molecule is CC(=O)NC(C)C(=O)N1CCCn2cc(-c3ccccc3F)nc21. The van der Waals surface area contributed by atoms with Crippen molar-refractivity contribution in [2.75, 3.05) is 11.4 Å². The molecular weight excluding hydrogens is 311 g/mol. The van der Waals surface area contributed by atoms with Gasteiger partial charge < -0.3 is 9.88 Å². The number of aryl methyl sites for hydroxylation is 1. The van der Waals surface area contributed by atoms with Crippen LogP contribution in [0.15, 0.2) is 30.5 Å². The van der Waals surface area contributed by atoms with E-state index in [1.165, 1.54) is 13.0 Å². The van der Waals surface area contributed by atoms with Gasteiger partial charge in [0, 0.05) is 31.8 Å². The summed E-state index contributed by atoms with van der Waals surface area (Å²) in [4.78, 5) is 29.8. The van der Waals surface area contributed by atoms with Crippen LogP contribution in [0.3, 0.4) is 0 Å². The van der Waals surface area contributed by atoms with E-state index in [2.05, 4.69) is 10.3 Å². The van der Waals surface area contributed by atoms with Gasteiger partial charge in [0.25, 0.3) is 5.91 Å². The van der Waals surface area contributed by atoms with Gasteiger partial charge >= 0.3 is 0 Å². The maximum absolute atomic E-state index is 14.0. The van der Waals surface area contributed by atoms with Crippen LogP contribution >= 0.6 is 0 Å². The summed E-state index contributed by atoms with van der Waals surface area (Å²) >= 11 is 0. The minimum atomic E-state index is -0.636. The molecule has 1 aliphatic heterocycles. The Hall–Kier alpha value is -2.70. The minimum absolute atomic E-state index is 0.225. The maximum Gasteiger partial charge on any atom is 0.251 e. The second kappa shape index (κ2) is 6.43. The fraction of sp³-hybridized carbons (Fsp3) is 0.353. The lowest BCUT2D eigenvalue weighted by Crippen LogP contribution is -2.49. The molecule has 3 rings (SSSR count). The molecule has 0 fully saturated rings. The molecule has 0 bridgehead atoms. The Balaban J connectivity index is 1.92. The van der Waals surface area contributed by atoms with Crippen LogP contribution in [-0.4, -0.2) is 34.0 Å². The molecule has 1 N–H and O–H groups in total. The van der Waals surface area contributed by atoms with Gasteiger partial charge in [-0.05, 0) is 25.5 Å². The molecule has 7 heteroatoms. The molecule has 24 heavy (non-hydrogen) atoms. The normalized spacial score (nSPS) is 14.9. The van der Waals surface area contributed by atoms with Crippen LogP contribution in [0.2, 0.25) is 0 Å². The molecule has 2 amide bonds. The summed E-state index contributed by atoms with van der Waals surface area (Å²) in [6, 6.07) is 5.78. The molecule has 0 saturated heterocycles. The first-order valence-electron chi connectivity index (χ1n) is 7.88. The van der Waals surface area contributed by atoms with Crippen LogP contribution in [0, 0.1) is 5.82 Å². The first kappa shape index (κ1) is 16.2. The first-order valence-corrected chi connectivity index (χ1v) is 7.88. The number of nitrogens with zero attached hydrogens (tertiary/aromatic N) is 3. The summed E-state index contributed by atoms with van der Waals surface area (Å²) in [7, 11) is 0. The van der Waals surface area contributed by atoms with Crippen molar-refractivity contribution >= 4 is 17.8 Å². The van der Waals surface area contributed by atoms with E-state index in [1.54, 1.807) is 36.2 Å². The lowest BCUT2D eigenvalue weighted by molar-refractivity contribution is -0.126. The Morgan fingerprint density at radius 3 is 2.75 bits per heavy atom. The van der Waals surface area contributed by atoms with Crippen molar-refractivity contribution in [1.82, 2.24) is 14.9 Å². The highest BCUT2D eigenvalue weighted by Crippen LogP contribution is 2.28. The van der Waals surface area contributed by atoms with Crippen LogP contribution < -0.4 is 10.2 Å². The Kier molecular flexibility index (Phi) is 4.33. The van der Waals surface area contributed by atoms with Crippen LogP contribution in [-0.2, 0) is 16.1 Å². The van der Waals surface area contributed by atoms with Gasteiger partial charge in [0.2, 0.25) is 11.9 Å². The molecule has 0 spiro atoms. The van der Waals surface area contributed by atoms with E-state index < -0.39 is 6.04 Å². The van der Waals surface area contributed by atoms with Gasteiger partial charge in [0.15, 0.2) is 0 Å². The lowest BCUT2D eigenvalue weighted by Gasteiger charge is -2.29. The largest absolute Gasteiger partial charge is 0.345 e. The molecule has 126 valence electrons. The minimum Gasteiger partial charge on any atom is -0.345 e. The zero-order valence-corrected chi connectivity index (χ0v) is 13.6. The number of anilines is 1. The van der Waals surface area contributed by atoms with Gasteiger partial charge in [-0.25, -0.2) is 9.37 Å². The topological polar surface area (TPSA) is 67.2 Å². The summed E-state index contributed by atoms with van der Waals surface area (Å²) in [5.74, 6) is -0.348. The number of rotatable bonds is 3. The summed E-state index contributed by atoms with van der Waals surface area (Å²) in [5, 5.41) is 2.59. The highest BCUT2D eigenvalue weighted by molar-refractivity contribution is 5.98. The van der Waals surface area contributed by atoms with E-state index >= 15 is 0 Å². The number of carbonyl (C=O) groups is 2. The van der Waals surface area contributed by atoms with E-state index in [4.69, 9.17) is 0 Å². The number of aromatic nitrogens is 2. The molecule has 1 atom stereocenters. The summed E-state index contributed by atoms with van der Waals surface area (Å²) in [5.41, 5.74) is 0.900. The zero-order chi connectivity index (χ0) is 17.3. The van der Waals surface area contributed by atoms with Gasteiger partial charge in [0.1, 0.15) is 11.9 Å². The quantitative estimate of drug-likeness (QED) is 0.935. The van der Waals surface area contributed by atoms with Crippen LogP contribution in [0.1, 0.15) is 20.3 Å². The number of fused-ring (bicyclic) bond motifs is 1. The average Bonchev–Trinajstić information content (AvgIpc) is 2.97. The fourth-order valence-corrected chi connectivity index (χ4v) is 2.89. The van der Waals surface area contributed by atoms with E-state index in [1.807, 2.05) is 4.57 Å². The Labute approximate surface area is 139 Å². The molecule has 1 aromatic heterocycles. The molecule has 0 aliphatic carbocycles. The van der Waals surface area contributed by atoms with Crippen LogP contribution in [0.4, 0.5) is 10.3 Å². The Bertz CT molecular complexity index is 787. The average molecular weight is 330 g/mol. The molecule has 2 aromatic rings. The number of amides is 2. The van der Waals surface area contributed by atoms with E-state index in [0.717, 1.165) is 13.0 Å². The summed E-state index contributed by atoms with van der Waals surface area (Å²) < 4.78 is 15.8. The molecule has 1 aliphatic rings. The smallest absolute Gasteiger partial charge is 0.251 e. The number of carbonyl (C=O) groups excluding carboxylic acids is 2. The zero-order valence-electron chi connectivity index (χ0n) is 13.6. The Morgan fingerprint density at radius 1 is 1.29 bits per heavy atom. The van der Waals surface area contributed by atoms with E-state index in [-0.39, 0.29) is 17.6 Å². The van der Waals surface area contributed by atoms with Gasteiger partial charge in [-0.15, -0.1) is 0 Å². The predicted octanol–water partition coefficient (Wildman–Crippen LogP) is 1.95. The maximum atomic E-state index is 14.0. The van der Waals surface area contributed by atoms with Crippen LogP contribution in [0.25, 0.3) is 11.3 Å². The van der Waals surface area contributed by atoms with E-state index in [9.17, 15) is 14.0 Å². The third-order valence-corrected chi connectivity index (χ3v) is 3.98. The van der Waals surface area contributed by atoms with Crippen molar-refractivity contribution in [3.8, 4) is 11.3 Å². The highest BCUT2D eigenvalue weighted by Gasteiger charge is 2.29. The van der Waals surface area contributed by atoms with Crippen LogP contribution in [0.5, 0.6) is 0 Å². The molecule has 0 radical (unpaired) electrons. The number of benzene rings is 1. The number of hydrogen-bond acceptors (Lipinski definition) is 3. The Morgan fingerprint density at radius 2 is 2.04 bits per heavy atom. The third kappa shape index (κ3) is 3.02. The second-order valence-corrected chi connectivity index (χ2v) is 5.87. The van der Waals surface area contributed by atoms with Crippen molar-refractivity contribution in [3.63, 3.8) is 0 Å². The lowest BCUT2D eigenvalue weighted by atomic mass is 10.1. The van der Waals surface area contributed by atoms with E-state index in [0.29, 0.717) is 23.8 Å². The number of nitrogens with one attached hydrogen (secondary N) is 1. The second-order valence-electron chi connectivity index (χ2n) is 5.87. The fourth-order valence-electron chi connectivity index (χ4n) is 2.89. The van der Waals surface area contributed by atoms with Crippen molar-refractivity contribution in [2.24, 2.45) is 0 Å². The number of imidazole rings is 1. The first-order chi connectivity index (χ1) is 11.5. The van der Waals surface area contributed by atoms with Crippen molar-refractivity contribution < 1.29 is 14.0 Å². The predicted molar refractivity (Wildman–Crippen MR) is 87.9 cm³/mol. The number of halogens is 1. The summed E-state index contributed by atoms with van der Waals surface area (Å²) in [6.07, 6.45) is 2.54. The standard InChI is InChI=1S/C17H19FN4O2/c1-11(19-12(2)23)16(24)22-9-5-8-21-10-15(20-17(21)22)13-6-3-4-7-14(13)18/h3-4,6-7,10-11H,5,8-9H2,1-2H3,(H,19,23). The van der Waals surface area contributed by atoms with Crippen molar-refractivity contribution in [2.45, 2.75) is 32.9 Å². The highest BCUT2D eigenvalue weighted by atomic mass is 19.1. The monoisotopic (exact) mass is 330 g/mol. The van der Waals surface area contributed by atoms with Gasteiger partial charge in [-0.1, -0.05) is 12.1 Å². The molecule has 6 nitrogen and oxygen atoms in total. The molecule has 1 unspecified atom stereocenters.